The Bertz CT molecular complexity index is 681. The molecule has 2 rings (SSSR count). The highest BCUT2D eigenvalue weighted by atomic mass is 16.3. The third kappa shape index (κ3) is 4.11. The monoisotopic (exact) mass is 288 g/mol. The minimum atomic E-state index is -0.605. The summed E-state index contributed by atoms with van der Waals surface area (Å²) < 4.78 is 0. The molecule has 0 aliphatic rings. The highest BCUT2D eigenvalue weighted by Crippen LogP contribution is 2.21. The van der Waals surface area contributed by atoms with Crippen molar-refractivity contribution >= 4 is 23.1 Å². The fraction of sp³-hybridized carbons (Fsp3) is 0.231. The molecule has 0 spiro atoms. The van der Waals surface area contributed by atoms with E-state index in [1.807, 2.05) is 18.2 Å². The number of hydrogen-bond acceptors (Lipinski definition) is 7. The van der Waals surface area contributed by atoms with E-state index in [9.17, 15) is 9.90 Å². The Balaban J connectivity index is 2.33. The van der Waals surface area contributed by atoms with Crippen LogP contribution in [-0.4, -0.2) is 27.7 Å². The molecule has 110 valence electrons. The lowest BCUT2D eigenvalue weighted by Crippen LogP contribution is -2.19. The summed E-state index contributed by atoms with van der Waals surface area (Å²) >= 11 is 0. The molecule has 1 heterocycles. The molecule has 1 aromatic heterocycles. The van der Waals surface area contributed by atoms with Gasteiger partial charge in [-0.3, -0.25) is 9.78 Å². The van der Waals surface area contributed by atoms with Crippen molar-refractivity contribution in [3.8, 4) is 0 Å². The Morgan fingerprint density at radius 3 is 2.76 bits per heavy atom. The van der Waals surface area contributed by atoms with Crippen LogP contribution in [0.4, 0.5) is 23.1 Å². The van der Waals surface area contributed by atoms with Crippen LogP contribution in [-0.2, 0) is 0 Å². The molecule has 2 aromatic rings. The first-order valence-electron chi connectivity index (χ1n) is 6.35. The quantitative estimate of drug-likeness (QED) is 0.620. The van der Waals surface area contributed by atoms with E-state index in [1.54, 1.807) is 19.1 Å². The van der Waals surface area contributed by atoms with Crippen LogP contribution in [0.5, 0.6) is 0 Å². The lowest BCUT2D eigenvalue weighted by atomic mass is 10.3. The van der Waals surface area contributed by atoms with E-state index >= 15 is 0 Å². The molecule has 0 unspecified atom stereocenters. The van der Waals surface area contributed by atoms with E-state index in [1.165, 1.54) is 0 Å². The standard InChI is InChI=1S/C13H16N6O2/c1-8(20)7-15-11-10(12(21)17-13(14)16-11)19-18-9-5-3-2-4-6-9/h2-6,8,20H,7H2,1H3,(H4,14,15,16,17,21)/t8-/m1/s1. The van der Waals surface area contributed by atoms with E-state index in [2.05, 4.69) is 25.5 Å². The average molecular weight is 288 g/mol. The number of anilines is 2. The van der Waals surface area contributed by atoms with Crippen molar-refractivity contribution in [2.45, 2.75) is 13.0 Å². The lowest BCUT2D eigenvalue weighted by Gasteiger charge is -2.09. The van der Waals surface area contributed by atoms with E-state index in [-0.39, 0.29) is 24.0 Å². The molecule has 0 amide bonds. The maximum Gasteiger partial charge on any atom is 0.282 e. The van der Waals surface area contributed by atoms with Crippen molar-refractivity contribution in [1.82, 2.24) is 9.97 Å². The second-order valence-electron chi connectivity index (χ2n) is 4.41. The minimum Gasteiger partial charge on any atom is -0.392 e. The molecular weight excluding hydrogens is 272 g/mol. The Kier molecular flexibility index (Phi) is 4.62. The molecule has 5 N–H and O–H groups in total. The summed E-state index contributed by atoms with van der Waals surface area (Å²) in [6, 6.07) is 8.99. The van der Waals surface area contributed by atoms with Gasteiger partial charge < -0.3 is 16.2 Å². The SMILES string of the molecule is C[C@@H](O)CNc1nc(N)[nH]c(=O)c1N=Nc1ccccc1. The number of H-pyrrole nitrogens is 1. The van der Waals surface area contributed by atoms with Gasteiger partial charge in [-0.05, 0) is 19.1 Å². The summed E-state index contributed by atoms with van der Waals surface area (Å²) in [5, 5.41) is 20.0. The minimum absolute atomic E-state index is 0.00806. The fourth-order valence-corrected chi connectivity index (χ4v) is 1.55. The number of azo groups is 1. The van der Waals surface area contributed by atoms with Gasteiger partial charge in [-0.25, -0.2) is 0 Å². The van der Waals surface area contributed by atoms with Crippen LogP contribution in [0.25, 0.3) is 0 Å². The molecule has 0 radical (unpaired) electrons. The molecule has 8 heteroatoms. The number of nitrogens with two attached hydrogens (primary N) is 1. The van der Waals surface area contributed by atoms with Gasteiger partial charge in [-0.2, -0.15) is 10.1 Å². The zero-order valence-corrected chi connectivity index (χ0v) is 11.4. The zero-order chi connectivity index (χ0) is 15.2. The summed E-state index contributed by atoms with van der Waals surface area (Å²) in [6.07, 6.45) is -0.605. The van der Waals surface area contributed by atoms with Crippen LogP contribution < -0.4 is 16.6 Å². The van der Waals surface area contributed by atoms with Crippen molar-refractivity contribution in [2.24, 2.45) is 10.2 Å². The number of aliphatic hydroxyl groups is 1. The Morgan fingerprint density at radius 1 is 1.38 bits per heavy atom. The molecule has 0 saturated heterocycles. The van der Waals surface area contributed by atoms with Crippen LogP contribution in [0, 0.1) is 0 Å². The molecule has 1 aromatic carbocycles. The summed E-state index contributed by atoms with van der Waals surface area (Å²) in [6.45, 7) is 1.82. The van der Waals surface area contributed by atoms with Gasteiger partial charge in [0, 0.05) is 6.54 Å². The zero-order valence-electron chi connectivity index (χ0n) is 11.4. The Morgan fingerprint density at radius 2 is 2.10 bits per heavy atom. The van der Waals surface area contributed by atoms with E-state index in [0.29, 0.717) is 5.69 Å². The maximum absolute atomic E-state index is 11.9. The molecule has 0 saturated carbocycles. The number of nitrogens with one attached hydrogen (secondary N) is 2. The molecule has 8 nitrogen and oxygen atoms in total. The molecule has 0 fully saturated rings. The van der Waals surface area contributed by atoms with Gasteiger partial charge in [0.25, 0.3) is 5.56 Å². The third-order valence-electron chi connectivity index (χ3n) is 2.50. The van der Waals surface area contributed by atoms with Gasteiger partial charge in [0.15, 0.2) is 11.5 Å². The summed E-state index contributed by atoms with van der Waals surface area (Å²) in [4.78, 5) is 18.2. The average Bonchev–Trinajstić information content (AvgIpc) is 2.45. The molecule has 21 heavy (non-hydrogen) atoms. The predicted octanol–water partition coefficient (Wildman–Crippen LogP) is 1.56. The Labute approximate surface area is 120 Å². The first kappa shape index (κ1) is 14.7. The fourth-order valence-electron chi connectivity index (χ4n) is 1.55. The lowest BCUT2D eigenvalue weighted by molar-refractivity contribution is 0.208. The number of aromatic nitrogens is 2. The van der Waals surface area contributed by atoms with E-state index in [4.69, 9.17) is 5.73 Å². The van der Waals surface area contributed by atoms with Crippen molar-refractivity contribution in [3.63, 3.8) is 0 Å². The van der Waals surface area contributed by atoms with E-state index in [0.717, 1.165) is 0 Å². The topological polar surface area (TPSA) is 129 Å². The normalized spacial score (nSPS) is 12.5. The number of benzene rings is 1. The number of nitrogens with zero attached hydrogens (tertiary/aromatic N) is 3. The number of aromatic amines is 1. The summed E-state index contributed by atoms with van der Waals surface area (Å²) in [5.74, 6) is 0.142. The van der Waals surface area contributed by atoms with Crippen molar-refractivity contribution in [3.05, 3.63) is 40.7 Å². The van der Waals surface area contributed by atoms with Crippen molar-refractivity contribution in [1.29, 1.82) is 0 Å². The molecule has 1 atom stereocenters. The first-order valence-corrected chi connectivity index (χ1v) is 6.35. The van der Waals surface area contributed by atoms with Gasteiger partial charge in [0.2, 0.25) is 5.95 Å². The number of aliphatic hydroxyl groups excluding tert-OH is 1. The molecule has 0 bridgehead atoms. The van der Waals surface area contributed by atoms with Gasteiger partial charge >= 0.3 is 0 Å². The molecule has 0 aliphatic heterocycles. The summed E-state index contributed by atoms with van der Waals surface area (Å²) in [7, 11) is 0. The van der Waals surface area contributed by atoms with Gasteiger partial charge in [0.1, 0.15) is 0 Å². The van der Waals surface area contributed by atoms with Gasteiger partial charge in [-0.1, -0.05) is 18.2 Å². The van der Waals surface area contributed by atoms with Crippen molar-refractivity contribution in [2.75, 3.05) is 17.6 Å². The maximum atomic E-state index is 11.9. The number of hydrogen-bond donors (Lipinski definition) is 4. The second kappa shape index (κ2) is 6.62. The highest BCUT2D eigenvalue weighted by molar-refractivity contribution is 5.60. The van der Waals surface area contributed by atoms with Crippen LogP contribution in [0.3, 0.4) is 0 Å². The summed E-state index contributed by atoms with van der Waals surface area (Å²) in [5.41, 5.74) is 5.61. The third-order valence-corrected chi connectivity index (χ3v) is 2.50. The van der Waals surface area contributed by atoms with Gasteiger partial charge in [-0.15, -0.1) is 5.11 Å². The number of nitrogen functional groups attached to an aromatic ring is 1. The van der Waals surface area contributed by atoms with Crippen LogP contribution in [0.1, 0.15) is 6.92 Å². The van der Waals surface area contributed by atoms with Crippen LogP contribution in [0.15, 0.2) is 45.4 Å². The largest absolute Gasteiger partial charge is 0.392 e. The van der Waals surface area contributed by atoms with Crippen molar-refractivity contribution < 1.29 is 5.11 Å². The van der Waals surface area contributed by atoms with Crippen LogP contribution >= 0.6 is 0 Å². The van der Waals surface area contributed by atoms with E-state index < -0.39 is 11.7 Å². The molecular formula is C13H16N6O2. The smallest absolute Gasteiger partial charge is 0.282 e. The van der Waals surface area contributed by atoms with Crippen LogP contribution in [0.2, 0.25) is 0 Å². The Hall–Kier alpha value is -2.74. The van der Waals surface area contributed by atoms with Gasteiger partial charge in [0.05, 0.1) is 11.8 Å². The first-order chi connectivity index (χ1) is 10.1. The predicted molar refractivity (Wildman–Crippen MR) is 80.1 cm³/mol. The number of rotatable bonds is 5. The molecule has 0 aliphatic carbocycles. The highest BCUT2D eigenvalue weighted by Gasteiger charge is 2.10. The second-order valence-corrected chi connectivity index (χ2v) is 4.41.